The minimum Gasteiger partial charge on any atom is -0.398 e. The first-order valence-corrected chi connectivity index (χ1v) is 12.2. The molecule has 0 saturated heterocycles. The van der Waals surface area contributed by atoms with E-state index in [-0.39, 0.29) is 0 Å². The summed E-state index contributed by atoms with van der Waals surface area (Å²) in [5.41, 5.74) is 0.583. The standard InChI is InChI=1S/C10H22N2Si2/c1-13(2,3)10-9-11-7-8-12(10)14(4,5)6/h7-10H,1-6H3. The number of rotatable bonds is 2. The molecule has 0 spiro atoms. The first kappa shape index (κ1) is 11.7. The lowest BCUT2D eigenvalue weighted by Gasteiger charge is -2.44. The molecule has 0 aromatic rings. The molecule has 0 radical (unpaired) electrons. The molecule has 1 heterocycles. The zero-order chi connectivity index (χ0) is 11.0. The van der Waals surface area contributed by atoms with Crippen LogP contribution < -0.4 is 0 Å². The van der Waals surface area contributed by atoms with Gasteiger partial charge in [0.1, 0.15) is 8.24 Å². The summed E-state index contributed by atoms with van der Waals surface area (Å²) in [6.07, 6.45) is 6.26. The van der Waals surface area contributed by atoms with Crippen LogP contribution in [0.4, 0.5) is 0 Å². The Morgan fingerprint density at radius 2 is 1.64 bits per heavy atom. The summed E-state index contributed by atoms with van der Waals surface area (Å²) in [7, 11) is -2.41. The summed E-state index contributed by atoms with van der Waals surface area (Å²) in [5, 5.41) is 0. The summed E-state index contributed by atoms with van der Waals surface area (Å²) < 4.78 is 2.58. The van der Waals surface area contributed by atoms with Crippen molar-refractivity contribution in [3.05, 3.63) is 12.4 Å². The van der Waals surface area contributed by atoms with E-state index in [4.69, 9.17) is 0 Å². The Hall–Kier alpha value is -0.356. The Morgan fingerprint density at radius 3 is 2.00 bits per heavy atom. The van der Waals surface area contributed by atoms with E-state index in [1.54, 1.807) is 0 Å². The van der Waals surface area contributed by atoms with Crippen molar-refractivity contribution in [2.24, 2.45) is 4.99 Å². The van der Waals surface area contributed by atoms with Gasteiger partial charge in [-0.2, -0.15) is 0 Å². The van der Waals surface area contributed by atoms with Crippen LogP contribution in [-0.4, -0.2) is 32.8 Å². The van der Waals surface area contributed by atoms with Crippen LogP contribution in [0.5, 0.6) is 0 Å². The van der Waals surface area contributed by atoms with E-state index in [0.717, 1.165) is 0 Å². The molecule has 1 atom stereocenters. The predicted molar refractivity (Wildman–Crippen MR) is 70.0 cm³/mol. The van der Waals surface area contributed by atoms with Crippen LogP contribution in [0, 0.1) is 0 Å². The molecule has 0 aliphatic carbocycles. The Bertz CT molecular complexity index is 230. The van der Waals surface area contributed by atoms with Crippen molar-refractivity contribution in [2.75, 3.05) is 0 Å². The largest absolute Gasteiger partial charge is 0.398 e. The van der Waals surface area contributed by atoms with Gasteiger partial charge in [-0.3, -0.25) is 4.99 Å². The predicted octanol–water partition coefficient (Wildman–Crippen LogP) is 2.92. The van der Waals surface area contributed by atoms with Gasteiger partial charge in [0.15, 0.2) is 0 Å². The highest BCUT2D eigenvalue weighted by Gasteiger charge is 2.36. The molecule has 1 aliphatic heterocycles. The fraction of sp³-hybridized carbons (Fsp3) is 0.700. The van der Waals surface area contributed by atoms with E-state index in [9.17, 15) is 0 Å². The molecule has 1 aliphatic rings. The zero-order valence-electron chi connectivity index (χ0n) is 10.2. The summed E-state index contributed by atoms with van der Waals surface area (Å²) >= 11 is 0. The molecule has 2 nitrogen and oxygen atoms in total. The molecule has 0 saturated carbocycles. The highest BCUT2D eigenvalue weighted by atomic mass is 28.3. The fourth-order valence-corrected chi connectivity index (χ4v) is 6.88. The molecule has 0 aromatic heterocycles. The maximum atomic E-state index is 4.30. The first-order chi connectivity index (χ1) is 6.23. The molecule has 1 unspecified atom stereocenters. The highest BCUT2D eigenvalue weighted by Crippen LogP contribution is 2.22. The van der Waals surface area contributed by atoms with E-state index in [2.05, 4.69) is 61.3 Å². The van der Waals surface area contributed by atoms with Gasteiger partial charge in [0, 0.05) is 24.3 Å². The quantitative estimate of drug-likeness (QED) is 0.661. The topological polar surface area (TPSA) is 15.6 Å². The van der Waals surface area contributed by atoms with E-state index in [0.29, 0.717) is 5.67 Å². The lowest BCUT2D eigenvalue weighted by Crippen LogP contribution is -2.59. The van der Waals surface area contributed by atoms with Crippen LogP contribution in [0.3, 0.4) is 0 Å². The van der Waals surface area contributed by atoms with Crippen LogP contribution in [-0.2, 0) is 0 Å². The number of hydrogen-bond donors (Lipinski definition) is 0. The minimum atomic E-state index is -1.24. The van der Waals surface area contributed by atoms with Crippen molar-refractivity contribution in [1.29, 1.82) is 0 Å². The van der Waals surface area contributed by atoms with E-state index in [1.807, 2.05) is 6.20 Å². The van der Waals surface area contributed by atoms with Crippen LogP contribution in [0.25, 0.3) is 0 Å². The summed E-state index contributed by atoms with van der Waals surface area (Å²) in [5.74, 6) is 0. The highest BCUT2D eigenvalue weighted by molar-refractivity contribution is 6.83. The molecular weight excluding hydrogens is 204 g/mol. The second-order valence-electron chi connectivity index (χ2n) is 5.99. The zero-order valence-corrected chi connectivity index (χ0v) is 12.2. The van der Waals surface area contributed by atoms with Crippen molar-refractivity contribution in [3.63, 3.8) is 0 Å². The van der Waals surface area contributed by atoms with Gasteiger partial charge in [0.05, 0.1) is 8.07 Å². The molecular formula is C10H22N2Si2. The Balaban J connectivity index is 2.94. The second kappa shape index (κ2) is 3.66. The SMILES string of the molecule is C[Si](C)(C)C1C=NC=CN1[Si](C)(C)C. The number of nitrogens with zero attached hydrogens (tertiary/aromatic N) is 2. The Labute approximate surface area is 89.8 Å². The van der Waals surface area contributed by atoms with Crippen LogP contribution >= 0.6 is 0 Å². The van der Waals surface area contributed by atoms with Crippen molar-refractivity contribution < 1.29 is 0 Å². The Kier molecular flexibility index (Phi) is 3.06. The van der Waals surface area contributed by atoms with Crippen LogP contribution in [0.1, 0.15) is 0 Å². The molecule has 0 aromatic carbocycles. The monoisotopic (exact) mass is 226 g/mol. The smallest absolute Gasteiger partial charge is 0.147 e. The molecule has 1 rings (SSSR count). The van der Waals surface area contributed by atoms with Gasteiger partial charge in [-0.05, 0) is 0 Å². The summed E-state index contributed by atoms with van der Waals surface area (Å²) in [4.78, 5) is 4.30. The van der Waals surface area contributed by atoms with Gasteiger partial charge >= 0.3 is 0 Å². The molecule has 4 heteroatoms. The normalized spacial score (nSPS) is 23.0. The molecule has 0 N–H and O–H groups in total. The van der Waals surface area contributed by atoms with Crippen molar-refractivity contribution >= 4 is 22.5 Å². The van der Waals surface area contributed by atoms with Gasteiger partial charge in [-0.15, -0.1) is 0 Å². The van der Waals surface area contributed by atoms with Crippen molar-refractivity contribution in [1.82, 2.24) is 4.57 Å². The average molecular weight is 226 g/mol. The van der Waals surface area contributed by atoms with Gasteiger partial charge in [-0.25, -0.2) is 0 Å². The van der Waals surface area contributed by atoms with E-state index < -0.39 is 16.3 Å². The lowest BCUT2D eigenvalue weighted by molar-refractivity contribution is 0.583. The fourth-order valence-electron chi connectivity index (χ4n) is 1.69. The van der Waals surface area contributed by atoms with Gasteiger partial charge < -0.3 is 4.57 Å². The van der Waals surface area contributed by atoms with Gasteiger partial charge in [-0.1, -0.05) is 39.3 Å². The maximum absolute atomic E-state index is 4.30. The minimum absolute atomic E-state index is 0.583. The van der Waals surface area contributed by atoms with Crippen molar-refractivity contribution in [3.8, 4) is 0 Å². The average Bonchev–Trinajstić information content (AvgIpc) is 2.01. The lowest BCUT2D eigenvalue weighted by atomic mass is 10.6. The molecule has 0 bridgehead atoms. The van der Waals surface area contributed by atoms with E-state index in [1.165, 1.54) is 0 Å². The van der Waals surface area contributed by atoms with Gasteiger partial charge in [0.25, 0.3) is 0 Å². The third kappa shape index (κ3) is 2.57. The first-order valence-electron chi connectivity index (χ1n) is 5.21. The maximum Gasteiger partial charge on any atom is 0.147 e. The second-order valence-corrected chi connectivity index (χ2v) is 16.2. The third-order valence-corrected chi connectivity index (χ3v) is 6.94. The molecule has 0 fully saturated rings. The van der Waals surface area contributed by atoms with Crippen molar-refractivity contribution in [2.45, 2.75) is 44.9 Å². The Morgan fingerprint density at radius 1 is 1.07 bits per heavy atom. The molecule has 0 amide bonds. The van der Waals surface area contributed by atoms with Crippen LogP contribution in [0.2, 0.25) is 39.3 Å². The summed E-state index contributed by atoms with van der Waals surface area (Å²) in [6, 6.07) is 0. The molecule has 80 valence electrons. The summed E-state index contributed by atoms with van der Waals surface area (Å²) in [6.45, 7) is 14.4. The van der Waals surface area contributed by atoms with E-state index >= 15 is 0 Å². The number of aliphatic imine (C=N–C) groups is 1. The van der Waals surface area contributed by atoms with Gasteiger partial charge in [0.2, 0.25) is 0 Å². The molecule has 14 heavy (non-hydrogen) atoms. The third-order valence-electron chi connectivity index (χ3n) is 2.50. The number of hydrogen-bond acceptors (Lipinski definition) is 2. The van der Waals surface area contributed by atoms with Crippen LogP contribution in [0.15, 0.2) is 17.4 Å².